The molecule has 2 rings (SSSR count). The van der Waals surface area contributed by atoms with Crippen LogP contribution in [-0.4, -0.2) is 21.0 Å². The number of phenols is 1. The standard InChI is InChI=1S/C15H12Cl3NO3/c16-14(22-10-6-2-1-3-7-10)15(17,18)19-13(21)11-8-4-5-9-12(11)20/h1-9,14,20H,(H,19,21). The number of aromatic hydroxyl groups is 1. The highest BCUT2D eigenvalue weighted by Gasteiger charge is 2.38. The van der Waals surface area contributed by atoms with E-state index >= 15 is 0 Å². The maximum atomic E-state index is 12.1. The fourth-order valence-electron chi connectivity index (χ4n) is 1.63. The molecule has 1 atom stereocenters. The third kappa shape index (κ3) is 4.19. The molecule has 0 aliphatic heterocycles. The van der Waals surface area contributed by atoms with Gasteiger partial charge in [-0.3, -0.25) is 4.79 Å². The molecule has 1 amide bonds. The number of benzene rings is 2. The molecule has 1 unspecified atom stereocenters. The Morgan fingerprint density at radius 1 is 1.09 bits per heavy atom. The van der Waals surface area contributed by atoms with Crippen molar-refractivity contribution in [2.75, 3.05) is 0 Å². The normalized spacial score (nSPS) is 12.5. The molecule has 0 bridgehead atoms. The van der Waals surface area contributed by atoms with Crippen LogP contribution in [0.25, 0.3) is 0 Å². The van der Waals surface area contributed by atoms with Gasteiger partial charge < -0.3 is 15.2 Å². The summed E-state index contributed by atoms with van der Waals surface area (Å²) in [6, 6.07) is 14.6. The predicted octanol–water partition coefficient (Wildman–Crippen LogP) is 3.90. The first kappa shape index (κ1) is 16.7. The van der Waals surface area contributed by atoms with Crippen LogP contribution >= 0.6 is 34.8 Å². The maximum Gasteiger partial charge on any atom is 0.257 e. The van der Waals surface area contributed by atoms with Crippen molar-refractivity contribution in [3.8, 4) is 11.5 Å². The summed E-state index contributed by atoms with van der Waals surface area (Å²) in [4.78, 5) is 12.1. The van der Waals surface area contributed by atoms with E-state index in [1.165, 1.54) is 12.1 Å². The molecule has 116 valence electrons. The molecule has 0 spiro atoms. The first-order valence-electron chi connectivity index (χ1n) is 6.24. The van der Waals surface area contributed by atoms with Gasteiger partial charge in [0.15, 0.2) is 0 Å². The highest BCUT2D eigenvalue weighted by atomic mass is 35.5. The fraction of sp³-hybridized carbons (Fsp3) is 0.133. The zero-order valence-corrected chi connectivity index (χ0v) is 13.4. The minimum atomic E-state index is -1.89. The van der Waals surface area contributed by atoms with Crippen molar-refractivity contribution >= 4 is 40.7 Å². The molecule has 2 N–H and O–H groups in total. The van der Waals surface area contributed by atoms with E-state index in [1.807, 2.05) is 6.07 Å². The van der Waals surface area contributed by atoms with Gasteiger partial charge in [-0.2, -0.15) is 0 Å². The van der Waals surface area contributed by atoms with Crippen molar-refractivity contribution in [3.63, 3.8) is 0 Å². The molecule has 0 aliphatic carbocycles. The van der Waals surface area contributed by atoms with Crippen LogP contribution in [-0.2, 0) is 0 Å². The average molecular weight is 361 g/mol. The molecule has 7 heteroatoms. The minimum Gasteiger partial charge on any atom is -0.507 e. The van der Waals surface area contributed by atoms with Crippen LogP contribution in [0.3, 0.4) is 0 Å². The Morgan fingerprint density at radius 3 is 2.32 bits per heavy atom. The lowest BCUT2D eigenvalue weighted by atomic mass is 10.2. The average Bonchev–Trinajstić information content (AvgIpc) is 2.48. The monoisotopic (exact) mass is 359 g/mol. The molecular weight excluding hydrogens is 349 g/mol. The highest BCUT2D eigenvalue weighted by molar-refractivity contribution is 6.52. The number of carbonyl (C=O) groups is 1. The topological polar surface area (TPSA) is 58.6 Å². The Hall–Kier alpha value is -1.62. The van der Waals surface area contributed by atoms with Crippen LogP contribution in [0.5, 0.6) is 11.5 Å². The van der Waals surface area contributed by atoms with Crippen LogP contribution in [0.1, 0.15) is 10.4 Å². The van der Waals surface area contributed by atoms with E-state index in [0.29, 0.717) is 5.75 Å². The zero-order valence-electron chi connectivity index (χ0n) is 11.2. The largest absolute Gasteiger partial charge is 0.507 e. The Kier molecular flexibility index (Phi) is 5.40. The summed E-state index contributed by atoms with van der Waals surface area (Å²) in [5, 5.41) is 11.9. The summed E-state index contributed by atoms with van der Waals surface area (Å²) < 4.78 is 3.48. The highest BCUT2D eigenvalue weighted by Crippen LogP contribution is 2.30. The van der Waals surface area contributed by atoms with Gasteiger partial charge >= 0.3 is 0 Å². The lowest BCUT2D eigenvalue weighted by Gasteiger charge is -2.26. The van der Waals surface area contributed by atoms with Gasteiger partial charge in [-0.1, -0.05) is 65.1 Å². The van der Waals surface area contributed by atoms with E-state index < -0.39 is 15.9 Å². The van der Waals surface area contributed by atoms with E-state index in [9.17, 15) is 9.90 Å². The molecule has 0 saturated carbocycles. The second kappa shape index (κ2) is 7.09. The SMILES string of the molecule is O=C(NC(Cl)(Cl)C(Cl)Oc1ccccc1)c1ccccc1O. The molecule has 0 saturated heterocycles. The van der Waals surface area contributed by atoms with Gasteiger partial charge in [0.2, 0.25) is 10.0 Å². The molecule has 0 radical (unpaired) electrons. The van der Waals surface area contributed by atoms with Gasteiger partial charge in [0.1, 0.15) is 11.5 Å². The van der Waals surface area contributed by atoms with Crippen molar-refractivity contribution in [2.45, 2.75) is 10.0 Å². The number of para-hydroxylation sites is 2. The summed E-state index contributed by atoms with van der Waals surface area (Å²) in [6.45, 7) is 0. The Balaban J connectivity index is 2.07. The molecule has 4 nitrogen and oxygen atoms in total. The fourth-order valence-corrected chi connectivity index (χ4v) is 2.05. The van der Waals surface area contributed by atoms with E-state index in [1.54, 1.807) is 36.4 Å². The van der Waals surface area contributed by atoms with Crippen molar-refractivity contribution in [1.82, 2.24) is 5.32 Å². The van der Waals surface area contributed by atoms with Crippen molar-refractivity contribution in [1.29, 1.82) is 0 Å². The number of carbonyl (C=O) groups excluding carboxylic acids is 1. The van der Waals surface area contributed by atoms with Gasteiger partial charge in [0, 0.05) is 0 Å². The van der Waals surface area contributed by atoms with E-state index in [0.717, 1.165) is 0 Å². The number of nitrogens with one attached hydrogen (secondary N) is 1. The van der Waals surface area contributed by atoms with Crippen LogP contribution in [0, 0.1) is 0 Å². The summed E-state index contributed by atoms with van der Waals surface area (Å²) in [7, 11) is 0. The number of phenolic OH excluding ortho intramolecular Hbond substituents is 1. The molecule has 0 fully saturated rings. The molecule has 0 aliphatic rings. The van der Waals surface area contributed by atoms with Gasteiger partial charge in [-0.25, -0.2) is 0 Å². The maximum absolute atomic E-state index is 12.1. The lowest BCUT2D eigenvalue weighted by molar-refractivity contribution is 0.0920. The number of hydrogen-bond donors (Lipinski definition) is 2. The molecule has 0 heterocycles. The molecule has 0 aromatic heterocycles. The van der Waals surface area contributed by atoms with Gasteiger partial charge in [-0.15, -0.1) is 0 Å². The Morgan fingerprint density at radius 2 is 1.68 bits per heavy atom. The van der Waals surface area contributed by atoms with E-state index in [-0.39, 0.29) is 11.3 Å². The Labute approximate surface area is 142 Å². The van der Waals surface area contributed by atoms with Crippen LogP contribution in [0.4, 0.5) is 0 Å². The first-order chi connectivity index (χ1) is 10.4. The summed E-state index contributed by atoms with van der Waals surface area (Å²) in [6.07, 6.45) is 0. The van der Waals surface area contributed by atoms with Gasteiger partial charge in [-0.05, 0) is 24.3 Å². The smallest absolute Gasteiger partial charge is 0.257 e. The van der Waals surface area contributed by atoms with E-state index in [2.05, 4.69) is 5.32 Å². The number of ether oxygens (including phenoxy) is 1. The zero-order chi connectivity index (χ0) is 16.2. The quantitative estimate of drug-likeness (QED) is 0.628. The summed E-state index contributed by atoms with van der Waals surface area (Å²) in [5.74, 6) is -0.422. The first-order valence-corrected chi connectivity index (χ1v) is 7.43. The number of hydrogen-bond acceptors (Lipinski definition) is 3. The number of alkyl halides is 3. The number of amides is 1. The van der Waals surface area contributed by atoms with Crippen LogP contribution < -0.4 is 10.1 Å². The summed E-state index contributed by atoms with van der Waals surface area (Å²) >= 11 is 18.1. The second-order valence-corrected chi connectivity index (χ2v) is 6.12. The van der Waals surface area contributed by atoms with Crippen molar-refractivity contribution < 1.29 is 14.6 Å². The van der Waals surface area contributed by atoms with Gasteiger partial charge in [0.05, 0.1) is 5.56 Å². The van der Waals surface area contributed by atoms with E-state index in [4.69, 9.17) is 39.5 Å². The predicted molar refractivity (Wildman–Crippen MR) is 86.7 cm³/mol. The Bertz CT molecular complexity index is 649. The number of rotatable bonds is 5. The van der Waals surface area contributed by atoms with Crippen LogP contribution in [0.15, 0.2) is 54.6 Å². The molecule has 2 aromatic rings. The molecular formula is C15H12Cl3NO3. The minimum absolute atomic E-state index is 0.0248. The van der Waals surface area contributed by atoms with Crippen molar-refractivity contribution in [3.05, 3.63) is 60.2 Å². The van der Waals surface area contributed by atoms with Crippen molar-refractivity contribution in [2.24, 2.45) is 0 Å². The van der Waals surface area contributed by atoms with Crippen LogP contribution in [0.2, 0.25) is 0 Å². The molecule has 2 aromatic carbocycles. The number of halogens is 3. The third-order valence-electron chi connectivity index (χ3n) is 2.70. The summed E-state index contributed by atoms with van der Waals surface area (Å²) in [5.41, 5.74) is -1.22. The lowest BCUT2D eigenvalue weighted by Crippen LogP contribution is -2.48. The second-order valence-electron chi connectivity index (χ2n) is 4.34. The molecule has 22 heavy (non-hydrogen) atoms. The van der Waals surface area contributed by atoms with Gasteiger partial charge in [0.25, 0.3) is 5.91 Å². The third-order valence-corrected chi connectivity index (χ3v) is 3.92.